The number of benzene rings is 1. The van der Waals surface area contributed by atoms with Crippen molar-refractivity contribution < 1.29 is 0 Å². The fourth-order valence-corrected chi connectivity index (χ4v) is 2.09. The van der Waals surface area contributed by atoms with E-state index >= 15 is 0 Å². The predicted molar refractivity (Wildman–Crippen MR) is 74.4 cm³/mol. The third kappa shape index (κ3) is 3.23. The molecule has 1 aromatic carbocycles. The first-order valence-corrected chi connectivity index (χ1v) is 6.57. The van der Waals surface area contributed by atoms with Gasteiger partial charge in [-0.05, 0) is 30.7 Å². The second-order valence-electron chi connectivity index (χ2n) is 3.65. The van der Waals surface area contributed by atoms with Gasteiger partial charge in [0.2, 0.25) is 0 Å². The summed E-state index contributed by atoms with van der Waals surface area (Å²) in [4.78, 5) is 0. The number of hydrogen-bond donors (Lipinski definition) is 1. The SMILES string of the molecule is CCn1ccc(NCc2cc(Br)ccc2Cl)n1. The van der Waals surface area contributed by atoms with Gasteiger partial charge in [-0.2, -0.15) is 5.10 Å². The minimum absolute atomic E-state index is 0.666. The van der Waals surface area contributed by atoms with Gasteiger partial charge in [-0.3, -0.25) is 4.68 Å². The van der Waals surface area contributed by atoms with Gasteiger partial charge >= 0.3 is 0 Å². The lowest BCUT2D eigenvalue weighted by atomic mass is 10.2. The van der Waals surface area contributed by atoms with Crippen molar-refractivity contribution in [1.82, 2.24) is 9.78 Å². The molecule has 0 atom stereocenters. The molecule has 2 rings (SSSR count). The molecular formula is C12H13BrClN3. The summed E-state index contributed by atoms with van der Waals surface area (Å²) in [5.41, 5.74) is 1.05. The molecule has 2 aromatic rings. The van der Waals surface area contributed by atoms with Gasteiger partial charge in [0.15, 0.2) is 0 Å². The van der Waals surface area contributed by atoms with E-state index in [9.17, 15) is 0 Å². The molecule has 0 saturated carbocycles. The zero-order valence-corrected chi connectivity index (χ0v) is 11.8. The number of nitrogens with zero attached hydrogens (tertiary/aromatic N) is 2. The van der Waals surface area contributed by atoms with E-state index in [1.807, 2.05) is 35.1 Å². The Balaban J connectivity index is 2.04. The van der Waals surface area contributed by atoms with Crippen LogP contribution in [0.25, 0.3) is 0 Å². The van der Waals surface area contributed by atoms with E-state index < -0.39 is 0 Å². The van der Waals surface area contributed by atoms with Crippen molar-refractivity contribution in [2.24, 2.45) is 0 Å². The first kappa shape index (κ1) is 12.5. The first-order valence-electron chi connectivity index (χ1n) is 5.40. The van der Waals surface area contributed by atoms with Crippen LogP contribution in [0.4, 0.5) is 5.82 Å². The average Bonchev–Trinajstić information content (AvgIpc) is 2.78. The molecule has 0 amide bonds. The molecule has 0 spiro atoms. The van der Waals surface area contributed by atoms with Crippen LogP contribution in [0.2, 0.25) is 5.02 Å². The largest absolute Gasteiger partial charge is 0.364 e. The highest BCUT2D eigenvalue weighted by Gasteiger charge is 2.02. The molecule has 0 fully saturated rings. The van der Waals surface area contributed by atoms with Gasteiger partial charge in [0.05, 0.1) is 0 Å². The summed E-state index contributed by atoms with van der Waals surface area (Å²) >= 11 is 9.54. The third-order valence-corrected chi connectivity index (χ3v) is 3.29. The number of anilines is 1. The van der Waals surface area contributed by atoms with Crippen molar-refractivity contribution in [2.75, 3.05) is 5.32 Å². The number of rotatable bonds is 4. The number of hydrogen-bond acceptors (Lipinski definition) is 2. The van der Waals surface area contributed by atoms with Crippen molar-refractivity contribution >= 4 is 33.3 Å². The normalized spacial score (nSPS) is 10.5. The zero-order chi connectivity index (χ0) is 12.3. The molecular weight excluding hydrogens is 302 g/mol. The lowest BCUT2D eigenvalue weighted by Gasteiger charge is -2.06. The summed E-state index contributed by atoms with van der Waals surface area (Å²) < 4.78 is 2.91. The van der Waals surface area contributed by atoms with E-state index in [2.05, 4.69) is 33.3 Å². The second kappa shape index (κ2) is 5.56. The Morgan fingerprint density at radius 1 is 1.41 bits per heavy atom. The maximum absolute atomic E-state index is 6.11. The van der Waals surface area contributed by atoms with Crippen molar-refractivity contribution in [3.8, 4) is 0 Å². The molecule has 0 aliphatic heterocycles. The fraction of sp³-hybridized carbons (Fsp3) is 0.250. The van der Waals surface area contributed by atoms with Crippen molar-refractivity contribution in [2.45, 2.75) is 20.0 Å². The summed E-state index contributed by atoms with van der Waals surface area (Å²) in [6, 6.07) is 7.77. The molecule has 0 unspecified atom stereocenters. The molecule has 0 radical (unpaired) electrons. The molecule has 17 heavy (non-hydrogen) atoms. The molecule has 1 aromatic heterocycles. The maximum atomic E-state index is 6.11. The van der Waals surface area contributed by atoms with E-state index in [4.69, 9.17) is 11.6 Å². The Bertz CT molecular complexity index is 510. The van der Waals surface area contributed by atoms with Gasteiger partial charge in [0.1, 0.15) is 5.82 Å². The third-order valence-electron chi connectivity index (χ3n) is 2.43. The fourth-order valence-electron chi connectivity index (χ4n) is 1.50. The predicted octanol–water partition coefficient (Wildman–Crippen LogP) is 3.93. The van der Waals surface area contributed by atoms with Crippen LogP contribution in [0.1, 0.15) is 12.5 Å². The molecule has 3 nitrogen and oxygen atoms in total. The van der Waals surface area contributed by atoms with Crippen LogP contribution in [0.5, 0.6) is 0 Å². The summed E-state index contributed by atoms with van der Waals surface area (Å²) in [6.45, 7) is 3.60. The van der Waals surface area contributed by atoms with Crippen molar-refractivity contribution in [3.05, 3.63) is 45.5 Å². The van der Waals surface area contributed by atoms with Crippen LogP contribution in [0.3, 0.4) is 0 Å². The smallest absolute Gasteiger partial charge is 0.148 e. The van der Waals surface area contributed by atoms with Gasteiger partial charge in [-0.15, -0.1) is 0 Å². The number of aromatic nitrogens is 2. The van der Waals surface area contributed by atoms with E-state index in [-0.39, 0.29) is 0 Å². The molecule has 0 bridgehead atoms. The Morgan fingerprint density at radius 3 is 2.94 bits per heavy atom. The van der Waals surface area contributed by atoms with Gasteiger partial charge < -0.3 is 5.32 Å². The standard InChI is InChI=1S/C12H13BrClN3/c1-2-17-6-5-12(16-17)15-8-9-7-10(13)3-4-11(9)14/h3-7H,2,8H2,1H3,(H,15,16). The lowest BCUT2D eigenvalue weighted by molar-refractivity contribution is 0.661. The molecule has 0 aliphatic rings. The Kier molecular flexibility index (Phi) is 4.07. The van der Waals surface area contributed by atoms with Gasteiger partial charge in [-0.25, -0.2) is 0 Å². The Hall–Kier alpha value is -1.00. The zero-order valence-electron chi connectivity index (χ0n) is 9.45. The molecule has 5 heteroatoms. The van der Waals surface area contributed by atoms with Gasteiger partial charge in [0, 0.05) is 34.8 Å². The van der Waals surface area contributed by atoms with Crippen LogP contribution in [0, 0.1) is 0 Å². The first-order chi connectivity index (χ1) is 8.19. The monoisotopic (exact) mass is 313 g/mol. The topological polar surface area (TPSA) is 29.9 Å². The van der Waals surface area contributed by atoms with E-state index in [0.29, 0.717) is 6.54 Å². The van der Waals surface area contributed by atoms with Crippen molar-refractivity contribution in [1.29, 1.82) is 0 Å². The van der Waals surface area contributed by atoms with Gasteiger partial charge in [0.25, 0.3) is 0 Å². The van der Waals surface area contributed by atoms with Crippen LogP contribution in [-0.4, -0.2) is 9.78 Å². The Morgan fingerprint density at radius 2 is 2.24 bits per heavy atom. The minimum atomic E-state index is 0.666. The molecule has 0 saturated heterocycles. The highest BCUT2D eigenvalue weighted by molar-refractivity contribution is 9.10. The van der Waals surface area contributed by atoms with Crippen LogP contribution < -0.4 is 5.32 Å². The molecule has 1 N–H and O–H groups in total. The lowest BCUT2D eigenvalue weighted by Crippen LogP contribution is -2.02. The average molecular weight is 315 g/mol. The second-order valence-corrected chi connectivity index (χ2v) is 4.97. The van der Waals surface area contributed by atoms with Gasteiger partial charge in [-0.1, -0.05) is 27.5 Å². The van der Waals surface area contributed by atoms with Crippen LogP contribution in [-0.2, 0) is 13.1 Å². The Labute approximate surface area is 114 Å². The summed E-state index contributed by atoms with van der Waals surface area (Å²) in [7, 11) is 0. The summed E-state index contributed by atoms with van der Waals surface area (Å²) in [5, 5.41) is 8.35. The number of nitrogens with one attached hydrogen (secondary N) is 1. The highest BCUT2D eigenvalue weighted by atomic mass is 79.9. The maximum Gasteiger partial charge on any atom is 0.148 e. The number of aryl methyl sites for hydroxylation is 1. The minimum Gasteiger partial charge on any atom is -0.364 e. The summed E-state index contributed by atoms with van der Waals surface area (Å²) in [5.74, 6) is 0.864. The molecule has 1 heterocycles. The quantitative estimate of drug-likeness (QED) is 0.926. The highest BCUT2D eigenvalue weighted by Crippen LogP contribution is 2.21. The van der Waals surface area contributed by atoms with E-state index in [1.165, 1.54) is 0 Å². The summed E-state index contributed by atoms with van der Waals surface area (Å²) in [6.07, 6.45) is 1.95. The molecule has 0 aliphatic carbocycles. The van der Waals surface area contributed by atoms with E-state index in [1.54, 1.807) is 0 Å². The van der Waals surface area contributed by atoms with Crippen LogP contribution in [0.15, 0.2) is 34.9 Å². The molecule has 90 valence electrons. The van der Waals surface area contributed by atoms with Crippen LogP contribution >= 0.6 is 27.5 Å². The van der Waals surface area contributed by atoms with E-state index in [0.717, 1.165) is 27.4 Å². The van der Waals surface area contributed by atoms with Crippen molar-refractivity contribution in [3.63, 3.8) is 0 Å². The number of halogens is 2.